The lowest BCUT2D eigenvalue weighted by atomic mass is 9.73. The third kappa shape index (κ3) is 85.4. The summed E-state index contributed by atoms with van der Waals surface area (Å²) in [5, 5.41) is 6.83. The lowest BCUT2D eigenvalue weighted by Gasteiger charge is -2.60. The first-order valence-electron chi connectivity index (χ1n) is 57.6. The second-order valence-electron chi connectivity index (χ2n) is 60.5. The molecular weight excluding hydrogens is 1800 g/mol. The Kier molecular flexibility index (Phi) is 67.1. The Balaban J connectivity index is 0. The Morgan fingerprint density at radius 3 is 0.743 bits per heavy atom. The molecule has 6 heterocycles. The topological polar surface area (TPSA) is 195 Å². The van der Waals surface area contributed by atoms with Crippen LogP contribution in [-0.2, 0) is 61.8 Å². The summed E-state index contributed by atoms with van der Waals surface area (Å²) in [5.41, 5.74) is 3.86. The molecule has 21 nitrogen and oxygen atoms in total. The SMILES string of the molecule is CC(C)(C)CC(=O)CCOCCCCOC(C)(C)C.CC(C)(C)CCCCOCCC(=O)CC(C)(C)C.CC(C)(C)CCCCOCCC(=O)CCCC(C)(C)C.CC(C)(C)COCCCNC(C)(C)C.CC(C)(C)N1C[C@@H]2C[C@H]1CN2C(C)(C)C.CC(C)(C)N1C[C@H]2C[C@@H]1CN2C(C)(C)C.CC(C)(C)NCCCC(=O)CCOCCCCOC(C)(C)C.CC(C)(C)OCCN1CC2(C1)CN(CCOC(C)(C)C)C2. The molecular formula is C123H250N8O13. The van der Waals surface area contributed by atoms with Gasteiger partial charge in [-0.3, -0.25) is 48.6 Å². The largest absolute Gasteiger partial charge is 0.381 e. The van der Waals surface area contributed by atoms with E-state index in [1.54, 1.807) is 0 Å². The number of nitrogens with zero attached hydrogens (tertiary/aromatic N) is 6. The minimum atomic E-state index is -0.0604. The van der Waals surface area contributed by atoms with Crippen molar-refractivity contribution in [3.63, 3.8) is 0 Å². The van der Waals surface area contributed by atoms with Crippen molar-refractivity contribution >= 4 is 23.1 Å². The fraction of sp³-hybridized carbons (Fsp3) is 0.967. The molecule has 2 N–H and O–H groups in total. The number of ketones is 4. The van der Waals surface area contributed by atoms with Crippen LogP contribution in [0.2, 0.25) is 0 Å². The van der Waals surface area contributed by atoms with E-state index in [0.29, 0.717) is 151 Å². The van der Waals surface area contributed by atoms with E-state index in [1.807, 2.05) is 0 Å². The highest BCUT2D eigenvalue weighted by molar-refractivity contribution is 5.80. The average Bonchev–Trinajstić information content (AvgIpc) is 0.902. The van der Waals surface area contributed by atoms with Gasteiger partial charge in [0.25, 0.3) is 0 Å². The van der Waals surface area contributed by atoms with Crippen LogP contribution in [0.5, 0.6) is 0 Å². The van der Waals surface area contributed by atoms with Crippen molar-refractivity contribution in [2.24, 2.45) is 37.9 Å². The van der Waals surface area contributed by atoms with Crippen LogP contribution in [0.1, 0.15) is 486 Å². The van der Waals surface area contributed by atoms with Gasteiger partial charge in [0.1, 0.15) is 23.1 Å². The second-order valence-corrected chi connectivity index (χ2v) is 60.5. The zero-order chi connectivity index (χ0) is 112. The number of carbonyl (C=O) groups excluding carboxylic acids is 4. The molecule has 0 aliphatic carbocycles. The molecule has 0 aromatic heterocycles. The van der Waals surface area contributed by atoms with E-state index in [-0.39, 0.29) is 49.7 Å². The molecule has 6 aliphatic heterocycles. The number of hydrogen-bond acceptors (Lipinski definition) is 21. The van der Waals surface area contributed by atoms with E-state index in [1.165, 1.54) is 90.9 Å². The summed E-state index contributed by atoms with van der Waals surface area (Å²) in [6, 6.07) is 3.20. The standard InChI is InChI=1S/C18H37NO3.C18H36O2.C17H34N2O2.C16H32O3.C16H32O2.2C13H26N2.C12H27NO/c1-17(2,3)19-12-9-10-16(20)11-15-21-13-7-8-14-22-18(4,5)6;1-17(2,3)12-7-8-14-20-15-11-16(19)10-9-13-18(4,5)6;1-15(2,3)20-9-7-18-11-17(12-18)13-19(14-17)8-10-21-16(4,5)6;1-15(2,3)13-14(17)9-12-18-10-7-8-11-19-16(4,5)6;1-15(2,3)10-7-8-11-18-12-9-14(17)13-16(4,5)6;2*1-12(2,3)14-8-11-7-10(14)9-15(11)13(4,5)6;1-11(2,3)10-14-9-7-8-13-12(4,5)6/h19H,7-15H2,1-6H3;7-15H2,1-6H3;7-14H2,1-6H3;7-13H2,1-6H3;7-13H2,1-6H3;2*10-11H,7-9H2,1-6H3;13H,7-10H2,1-6H3/t;;;;;2*10-,11-;/m.....10./s1. The van der Waals surface area contributed by atoms with Gasteiger partial charge < -0.3 is 53.3 Å². The molecule has 0 unspecified atom stereocenters. The Morgan fingerprint density at radius 1 is 0.250 bits per heavy atom. The average molecular weight is 2050 g/mol. The number of hydrogen-bond donors (Lipinski definition) is 2. The van der Waals surface area contributed by atoms with Crippen molar-refractivity contribution in [3.8, 4) is 0 Å². The molecule has 6 aliphatic rings. The summed E-state index contributed by atoms with van der Waals surface area (Å²) in [7, 11) is 0. The van der Waals surface area contributed by atoms with Gasteiger partial charge in [0, 0.05) is 226 Å². The first-order valence-corrected chi connectivity index (χ1v) is 57.6. The first kappa shape index (κ1) is 144. The molecule has 21 heteroatoms. The quantitative estimate of drug-likeness (QED) is 0.0545. The van der Waals surface area contributed by atoms with Crippen molar-refractivity contribution in [1.29, 1.82) is 0 Å². The molecule has 4 atom stereocenters. The third-order valence-electron chi connectivity index (χ3n) is 25.3. The van der Waals surface area contributed by atoms with Gasteiger partial charge in [-0.2, -0.15) is 0 Å². The summed E-state index contributed by atoms with van der Waals surface area (Å²) >= 11 is 0. The van der Waals surface area contributed by atoms with E-state index in [2.05, 4.69) is 372 Å². The fourth-order valence-corrected chi connectivity index (χ4v) is 18.3. The van der Waals surface area contributed by atoms with Crippen LogP contribution in [0, 0.1) is 37.9 Å². The van der Waals surface area contributed by atoms with Gasteiger partial charge >= 0.3 is 0 Å². The normalized spacial score (nSPS) is 18.7. The highest BCUT2D eigenvalue weighted by atomic mass is 16.5. The van der Waals surface area contributed by atoms with Crippen LogP contribution in [0.15, 0.2) is 0 Å². The van der Waals surface area contributed by atoms with Crippen LogP contribution < -0.4 is 10.6 Å². The third-order valence-corrected chi connectivity index (χ3v) is 25.3. The minimum absolute atomic E-state index is 0.0110. The summed E-state index contributed by atoms with van der Waals surface area (Å²) in [5.74, 6) is 1.26. The Bertz CT molecular complexity index is 3130. The van der Waals surface area contributed by atoms with Gasteiger partial charge in [-0.15, -0.1) is 0 Å². The lowest BCUT2D eigenvalue weighted by Crippen LogP contribution is -2.72. The molecule has 4 bridgehead atoms. The van der Waals surface area contributed by atoms with E-state index in [9.17, 15) is 19.2 Å². The maximum absolute atomic E-state index is 11.7. The number of piperazine rings is 2. The number of Topliss-reactive ketones (excluding diaryl/α,β-unsaturated/α-hetero) is 4. The predicted molar refractivity (Wildman–Crippen MR) is 616 cm³/mol. The highest BCUT2D eigenvalue weighted by Gasteiger charge is 2.53. The number of likely N-dealkylation sites (tertiary alicyclic amines) is 6. The number of ether oxygens (including phenoxy) is 9. The molecule has 0 saturated carbocycles. The van der Waals surface area contributed by atoms with Crippen molar-refractivity contribution in [1.82, 2.24) is 40.0 Å². The Morgan fingerprint density at radius 2 is 0.493 bits per heavy atom. The highest BCUT2D eigenvalue weighted by Crippen LogP contribution is 2.42. The van der Waals surface area contributed by atoms with Crippen LogP contribution >= 0.6 is 0 Å². The van der Waals surface area contributed by atoms with Gasteiger partial charge in [0.2, 0.25) is 0 Å². The summed E-state index contributed by atoms with van der Waals surface area (Å²) < 4.78 is 50.5. The summed E-state index contributed by atoms with van der Waals surface area (Å²) in [6.45, 7) is 130. The second kappa shape index (κ2) is 67.1. The van der Waals surface area contributed by atoms with E-state index < -0.39 is 0 Å². The van der Waals surface area contributed by atoms with E-state index >= 15 is 0 Å². The molecule has 6 fully saturated rings. The zero-order valence-corrected chi connectivity index (χ0v) is 105. The molecule has 6 saturated heterocycles. The Labute approximate surface area is 895 Å². The molecule has 0 aromatic carbocycles. The minimum Gasteiger partial charge on any atom is -0.381 e. The predicted octanol–water partition coefficient (Wildman–Crippen LogP) is 27.5. The van der Waals surface area contributed by atoms with Crippen molar-refractivity contribution in [2.75, 3.05) is 171 Å². The Hall–Kier alpha value is -2.00. The van der Waals surface area contributed by atoms with Crippen LogP contribution in [-0.4, -0.2) is 303 Å². The molecule has 0 radical (unpaired) electrons. The van der Waals surface area contributed by atoms with Crippen LogP contribution in [0.25, 0.3) is 0 Å². The maximum Gasteiger partial charge on any atom is 0.135 e. The number of nitrogens with one attached hydrogen (secondary N) is 2. The lowest BCUT2D eigenvalue weighted by molar-refractivity contribution is -0.133. The number of rotatable bonds is 50. The molecule has 0 aromatic rings. The van der Waals surface area contributed by atoms with Crippen molar-refractivity contribution in [3.05, 3.63) is 0 Å². The monoisotopic (exact) mass is 2050 g/mol. The van der Waals surface area contributed by atoms with E-state index in [0.717, 1.165) is 174 Å². The fourth-order valence-electron chi connectivity index (χ4n) is 18.3. The number of unbranched alkanes of at least 4 members (excludes halogenated alkanes) is 4. The van der Waals surface area contributed by atoms with Gasteiger partial charge in [-0.05, 0) is 343 Å². The van der Waals surface area contributed by atoms with Crippen LogP contribution in [0.3, 0.4) is 0 Å². The van der Waals surface area contributed by atoms with Crippen molar-refractivity contribution < 1.29 is 61.8 Å². The summed E-state index contributed by atoms with van der Waals surface area (Å²) in [6.07, 6.45) is 22.8. The van der Waals surface area contributed by atoms with E-state index in [4.69, 9.17) is 42.6 Å². The van der Waals surface area contributed by atoms with Crippen molar-refractivity contribution in [2.45, 2.75) is 566 Å². The summed E-state index contributed by atoms with van der Waals surface area (Å²) in [4.78, 5) is 62.4. The van der Waals surface area contributed by atoms with Crippen LogP contribution in [0.4, 0.5) is 0 Å². The molecule has 1 spiro atoms. The number of fused-ring (bicyclic) bond motifs is 4. The van der Waals surface area contributed by atoms with Gasteiger partial charge in [0.05, 0.1) is 68.7 Å². The maximum atomic E-state index is 11.7. The molecule has 144 heavy (non-hydrogen) atoms. The van der Waals surface area contributed by atoms with Gasteiger partial charge in [-0.25, -0.2) is 0 Å². The molecule has 0 amide bonds. The van der Waals surface area contributed by atoms with Gasteiger partial charge in [-0.1, -0.05) is 137 Å². The smallest absolute Gasteiger partial charge is 0.135 e. The zero-order valence-electron chi connectivity index (χ0n) is 105. The number of carbonyl (C=O) groups is 4. The molecule has 6 rings (SSSR count). The molecule has 860 valence electrons. The van der Waals surface area contributed by atoms with Gasteiger partial charge in [0.15, 0.2) is 0 Å². The first-order chi connectivity index (χ1) is 65.1.